The number of nitrogens with one attached hydrogen (secondary N) is 1. The molecule has 0 aliphatic carbocycles. The third kappa shape index (κ3) is 3.36. The van der Waals surface area contributed by atoms with Gasteiger partial charge in [0.1, 0.15) is 5.82 Å². The summed E-state index contributed by atoms with van der Waals surface area (Å²) in [5.41, 5.74) is 0.717. The van der Waals surface area contributed by atoms with Gasteiger partial charge in [0, 0.05) is 5.69 Å². The van der Waals surface area contributed by atoms with Gasteiger partial charge in [-0.05, 0) is 24.1 Å². The summed E-state index contributed by atoms with van der Waals surface area (Å²) in [5.74, 6) is -0.147. The van der Waals surface area contributed by atoms with Gasteiger partial charge in [0.25, 0.3) is 0 Å². The number of halogens is 2. The van der Waals surface area contributed by atoms with Gasteiger partial charge in [0.05, 0.1) is 17.7 Å². The molecule has 0 amide bonds. The largest absolute Gasteiger partial charge is 0.394 e. The molecular formula is C11H15ClFNO. The molecule has 1 atom stereocenters. The topological polar surface area (TPSA) is 32.3 Å². The summed E-state index contributed by atoms with van der Waals surface area (Å²) in [6, 6.07) is 4.37. The third-order valence-electron chi connectivity index (χ3n) is 2.27. The molecule has 0 aromatic heterocycles. The molecule has 2 N–H and O–H groups in total. The van der Waals surface area contributed by atoms with Crippen molar-refractivity contribution in [3.8, 4) is 0 Å². The first kappa shape index (κ1) is 12.3. The summed E-state index contributed by atoms with van der Waals surface area (Å²) >= 11 is 5.64. The molecule has 0 bridgehead atoms. The predicted molar refractivity (Wildman–Crippen MR) is 60.7 cm³/mol. The first-order valence-electron chi connectivity index (χ1n) is 4.87. The van der Waals surface area contributed by atoms with Crippen LogP contribution in [0.25, 0.3) is 0 Å². The Hall–Kier alpha value is -0.800. The molecule has 1 aromatic rings. The summed E-state index contributed by atoms with van der Waals surface area (Å²) in [5, 5.41) is 12.3. The van der Waals surface area contributed by atoms with Gasteiger partial charge < -0.3 is 10.4 Å². The highest BCUT2D eigenvalue weighted by atomic mass is 35.5. The lowest BCUT2D eigenvalue weighted by Crippen LogP contribution is -2.29. The molecule has 84 valence electrons. The van der Waals surface area contributed by atoms with Crippen LogP contribution >= 0.6 is 11.6 Å². The van der Waals surface area contributed by atoms with Crippen LogP contribution in [-0.2, 0) is 0 Å². The molecule has 0 fully saturated rings. The fourth-order valence-corrected chi connectivity index (χ4v) is 1.40. The molecular weight excluding hydrogens is 217 g/mol. The Kier molecular flexibility index (Phi) is 4.36. The molecule has 0 radical (unpaired) electrons. The van der Waals surface area contributed by atoms with Gasteiger partial charge in [-0.15, -0.1) is 0 Å². The van der Waals surface area contributed by atoms with Crippen molar-refractivity contribution in [1.82, 2.24) is 0 Å². The van der Waals surface area contributed by atoms with Crippen LogP contribution in [-0.4, -0.2) is 17.8 Å². The second-order valence-electron chi connectivity index (χ2n) is 3.81. The number of anilines is 1. The summed E-state index contributed by atoms with van der Waals surface area (Å²) in [7, 11) is 0. The van der Waals surface area contributed by atoms with E-state index in [9.17, 15) is 4.39 Å². The fourth-order valence-electron chi connectivity index (χ4n) is 1.22. The number of hydrogen-bond donors (Lipinski definition) is 2. The standard InChI is InChI=1S/C11H15ClFNO/c1-7(2)11(6-15)14-8-3-4-10(13)9(12)5-8/h3-5,7,11,14-15H,6H2,1-2H3. The van der Waals surface area contributed by atoms with E-state index in [0.717, 1.165) is 0 Å². The van der Waals surface area contributed by atoms with E-state index in [0.29, 0.717) is 11.6 Å². The van der Waals surface area contributed by atoms with Gasteiger partial charge in [-0.1, -0.05) is 25.4 Å². The average Bonchev–Trinajstić information content (AvgIpc) is 2.19. The van der Waals surface area contributed by atoms with E-state index in [1.165, 1.54) is 12.1 Å². The quantitative estimate of drug-likeness (QED) is 0.835. The lowest BCUT2D eigenvalue weighted by atomic mass is 10.1. The molecule has 0 spiro atoms. The number of hydrogen-bond acceptors (Lipinski definition) is 2. The third-order valence-corrected chi connectivity index (χ3v) is 2.56. The van der Waals surface area contributed by atoms with Gasteiger partial charge in [-0.3, -0.25) is 0 Å². The van der Waals surface area contributed by atoms with Gasteiger partial charge >= 0.3 is 0 Å². The van der Waals surface area contributed by atoms with Crippen molar-refractivity contribution in [3.05, 3.63) is 29.0 Å². The van der Waals surface area contributed by atoms with Crippen LogP contribution in [0.2, 0.25) is 5.02 Å². The molecule has 1 unspecified atom stereocenters. The van der Waals surface area contributed by atoms with E-state index in [4.69, 9.17) is 16.7 Å². The molecule has 0 aliphatic heterocycles. The lowest BCUT2D eigenvalue weighted by Gasteiger charge is -2.21. The second kappa shape index (κ2) is 5.33. The Morgan fingerprint density at radius 1 is 1.47 bits per heavy atom. The van der Waals surface area contributed by atoms with E-state index in [2.05, 4.69) is 5.32 Å². The molecule has 1 rings (SSSR count). The molecule has 4 heteroatoms. The minimum atomic E-state index is -0.438. The molecule has 0 heterocycles. The van der Waals surface area contributed by atoms with E-state index in [-0.39, 0.29) is 17.7 Å². The highest BCUT2D eigenvalue weighted by Crippen LogP contribution is 2.20. The Labute approximate surface area is 94.1 Å². The second-order valence-corrected chi connectivity index (χ2v) is 4.21. The Bertz CT molecular complexity index is 330. The molecule has 15 heavy (non-hydrogen) atoms. The van der Waals surface area contributed by atoms with Crippen LogP contribution < -0.4 is 5.32 Å². The van der Waals surface area contributed by atoms with Crippen LogP contribution in [0.4, 0.5) is 10.1 Å². The Morgan fingerprint density at radius 2 is 2.13 bits per heavy atom. The smallest absolute Gasteiger partial charge is 0.141 e. The maximum atomic E-state index is 12.9. The van der Waals surface area contributed by atoms with Crippen LogP contribution in [0.1, 0.15) is 13.8 Å². The van der Waals surface area contributed by atoms with Gasteiger partial charge in [0.2, 0.25) is 0 Å². The van der Waals surface area contributed by atoms with Crippen LogP contribution in [0, 0.1) is 11.7 Å². The van der Waals surface area contributed by atoms with Crippen molar-refractivity contribution in [1.29, 1.82) is 0 Å². The minimum Gasteiger partial charge on any atom is -0.394 e. The van der Waals surface area contributed by atoms with Gasteiger partial charge in [0.15, 0.2) is 0 Å². The predicted octanol–water partition coefficient (Wildman–Crippen LogP) is 2.91. The molecule has 2 nitrogen and oxygen atoms in total. The van der Waals surface area contributed by atoms with Crippen molar-refractivity contribution >= 4 is 17.3 Å². The number of rotatable bonds is 4. The minimum absolute atomic E-state index is 0.0344. The van der Waals surface area contributed by atoms with E-state index < -0.39 is 5.82 Å². The summed E-state index contributed by atoms with van der Waals surface area (Å²) in [6.45, 7) is 4.03. The van der Waals surface area contributed by atoms with Crippen LogP contribution in [0.3, 0.4) is 0 Å². The maximum Gasteiger partial charge on any atom is 0.141 e. The monoisotopic (exact) mass is 231 g/mol. The normalized spacial score (nSPS) is 12.9. The zero-order chi connectivity index (χ0) is 11.4. The summed E-state index contributed by atoms with van der Waals surface area (Å²) in [4.78, 5) is 0. The van der Waals surface area contributed by atoms with Crippen molar-refractivity contribution in [2.24, 2.45) is 5.92 Å². The Balaban J connectivity index is 2.75. The first-order valence-corrected chi connectivity index (χ1v) is 5.25. The first-order chi connectivity index (χ1) is 7.04. The maximum absolute atomic E-state index is 12.9. The molecule has 1 aromatic carbocycles. The number of aliphatic hydroxyl groups excluding tert-OH is 1. The van der Waals surface area contributed by atoms with Gasteiger partial charge in [-0.25, -0.2) is 4.39 Å². The van der Waals surface area contributed by atoms with E-state index in [1.807, 2.05) is 13.8 Å². The average molecular weight is 232 g/mol. The zero-order valence-corrected chi connectivity index (χ0v) is 9.55. The van der Waals surface area contributed by atoms with Crippen LogP contribution in [0.5, 0.6) is 0 Å². The molecule has 0 saturated carbocycles. The van der Waals surface area contributed by atoms with Crippen molar-refractivity contribution in [2.75, 3.05) is 11.9 Å². The lowest BCUT2D eigenvalue weighted by molar-refractivity contribution is 0.249. The number of benzene rings is 1. The SMILES string of the molecule is CC(C)C(CO)Nc1ccc(F)c(Cl)c1. The molecule has 0 saturated heterocycles. The molecule has 0 aliphatic rings. The van der Waals surface area contributed by atoms with Crippen molar-refractivity contribution in [2.45, 2.75) is 19.9 Å². The highest BCUT2D eigenvalue weighted by Gasteiger charge is 2.12. The number of aliphatic hydroxyl groups is 1. The Morgan fingerprint density at radius 3 is 2.60 bits per heavy atom. The summed E-state index contributed by atoms with van der Waals surface area (Å²) in [6.07, 6.45) is 0. The van der Waals surface area contributed by atoms with Crippen molar-refractivity contribution in [3.63, 3.8) is 0 Å². The fraction of sp³-hybridized carbons (Fsp3) is 0.455. The van der Waals surface area contributed by atoms with Gasteiger partial charge in [-0.2, -0.15) is 0 Å². The summed E-state index contributed by atoms with van der Waals surface area (Å²) < 4.78 is 12.9. The van der Waals surface area contributed by atoms with E-state index >= 15 is 0 Å². The van der Waals surface area contributed by atoms with Crippen molar-refractivity contribution < 1.29 is 9.50 Å². The highest BCUT2D eigenvalue weighted by molar-refractivity contribution is 6.31. The van der Waals surface area contributed by atoms with Crippen LogP contribution in [0.15, 0.2) is 18.2 Å². The zero-order valence-electron chi connectivity index (χ0n) is 8.80. The van der Waals surface area contributed by atoms with E-state index in [1.54, 1.807) is 6.07 Å².